The number of hydrogen-bond acceptors (Lipinski definition) is 3. The van der Waals surface area contributed by atoms with E-state index in [0.29, 0.717) is 23.5 Å². The van der Waals surface area contributed by atoms with Gasteiger partial charge in [0.05, 0.1) is 5.75 Å². The van der Waals surface area contributed by atoms with Crippen molar-refractivity contribution in [3.05, 3.63) is 0 Å². The molecule has 0 radical (unpaired) electrons. The van der Waals surface area contributed by atoms with Crippen molar-refractivity contribution < 1.29 is 4.79 Å². The smallest absolute Gasteiger partial charge is 0.232 e. The van der Waals surface area contributed by atoms with Crippen molar-refractivity contribution in [2.24, 2.45) is 11.7 Å². The molecule has 0 aliphatic carbocycles. The fraction of sp³-hybridized carbons (Fsp3) is 0.917. The summed E-state index contributed by atoms with van der Waals surface area (Å²) in [5, 5.41) is 0.498. The minimum absolute atomic E-state index is 0.306. The van der Waals surface area contributed by atoms with Gasteiger partial charge in [-0.15, -0.1) is 11.8 Å². The van der Waals surface area contributed by atoms with Gasteiger partial charge in [-0.3, -0.25) is 4.79 Å². The zero-order chi connectivity index (χ0) is 12.0. The van der Waals surface area contributed by atoms with Gasteiger partial charge >= 0.3 is 0 Å². The molecule has 0 aromatic rings. The molecular formula is C12H24N2OS. The second-order valence-corrected chi connectivity index (χ2v) is 6.19. The average Bonchev–Trinajstić information content (AvgIpc) is 2.27. The Bertz CT molecular complexity index is 215. The number of nitrogens with zero attached hydrogens (tertiary/aromatic N) is 1. The van der Waals surface area contributed by atoms with Crippen molar-refractivity contribution in [3.8, 4) is 0 Å². The lowest BCUT2D eigenvalue weighted by atomic mass is 9.99. The van der Waals surface area contributed by atoms with Crippen molar-refractivity contribution in [3.63, 3.8) is 0 Å². The third-order valence-electron chi connectivity index (χ3n) is 3.20. The lowest BCUT2D eigenvalue weighted by Crippen LogP contribution is -2.39. The molecule has 0 spiro atoms. The van der Waals surface area contributed by atoms with Gasteiger partial charge in [-0.1, -0.05) is 13.8 Å². The van der Waals surface area contributed by atoms with Crippen LogP contribution >= 0.6 is 11.8 Å². The van der Waals surface area contributed by atoms with Crippen LogP contribution in [0.3, 0.4) is 0 Å². The lowest BCUT2D eigenvalue weighted by molar-refractivity contribution is -0.129. The lowest BCUT2D eigenvalue weighted by Gasteiger charge is -2.30. The maximum Gasteiger partial charge on any atom is 0.232 e. The van der Waals surface area contributed by atoms with Gasteiger partial charge in [-0.05, 0) is 31.7 Å². The fourth-order valence-corrected chi connectivity index (χ4v) is 2.79. The Morgan fingerprint density at radius 2 is 2.12 bits per heavy atom. The quantitative estimate of drug-likeness (QED) is 0.801. The molecule has 1 heterocycles. The molecule has 1 aliphatic rings. The summed E-state index contributed by atoms with van der Waals surface area (Å²) in [7, 11) is 0. The Balaban J connectivity index is 2.19. The number of hydrogen-bond donors (Lipinski definition) is 1. The number of thioether (sulfide) groups is 1. The van der Waals surface area contributed by atoms with E-state index in [1.54, 1.807) is 11.8 Å². The second kappa shape index (κ2) is 7.17. The number of carbonyl (C=O) groups is 1. The molecule has 1 atom stereocenters. The van der Waals surface area contributed by atoms with Gasteiger partial charge in [0.25, 0.3) is 0 Å². The monoisotopic (exact) mass is 244 g/mol. The molecule has 0 aromatic carbocycles. The molecular weight excluding hydrogens is 220 g/mol. The summed E-state index contributed by atoms with van der Waals surface area (Å²) in [5.41, 5.74) is 5.49. The topological polar surface area (TPSA) is 46.3 Å². The Kier molecular flexibility index (Phi) is 6.21. The molecule has 2 N–H and O–H groups in total. The van der Waals surface area contributed by atoms with E-state index in [1.165, 1.54) is 0 Å². The first kappa shape index (κ1) is 13.8. The van der Waals surface area contributed by atoms with Crippen LogP contribution in [0.5, 0.6) is 0 Å². The predicted octanol–water partition coefficient (Wildman–Crippen LogP) is 1.72. The Morgan fingerprint density at radius 1 is 1.50 bits per heavy atom. The first-order valence-corrected chi connectivity index (χ1v) is 7.27. The van der Waals surface area contributed by atoms with E-state index in [4.69, 9.17) is 5.73 Å². The Hall–Kier alpha value is -0.220. The highest BCUT2D eigenvalue weighted by atomic mass is 32.2. The Labute approximate surface area is 103 Å². The summed E-state index contributed by atoms with van der Waals surface area (Å²) in [5.74, 6) is 1.71. The first-order chi connectivity index (χ1) is 7.63. The molecule has 1 aliphatic heterocycles. The van der Waals surface area contributed by atoms with Crippen molar-refractivity contribution in [2.75, 3.05) is 25.4 Å². The van der Waals surface area contributed by atoms with Crippen LogP contribution in [0.2, 0.25) is 0 Å². The van der Waals surface area contributed by atoms with E-state index >= 15 is 0 Å². The van der Waals surface area contributed by atoms with Crippen LogP contribution in [0, 0.1) is 5.92 Å². The predicted molar refractivity (Wildman–Crippen MR) is 70.6 cm³/mol. The first-order valence-electron chi connectivity index (χ1n) is 6.23. The molecule has 1 unspecified atom stereocenters. The van der Waals surface area contributed by atoms with Gasteiger partial charge in [0, 0.05) is 18.3 Å². The molecule has 0 aromatic heterocycles. The standard InChI is InChI=1S/C12H24N2OS/c1-10-4-7-14(8-5-10)12(15)9-16-11(2)3-6-13/h10-11H,3-9,13H2,1-2H3. The van der Waals surface area contributed by atoms with E-state index in [0.717, 1.165) is 38.3 Å². The summed E-state index contributed by atoms with van der Waals surface area (Å²) in [6.45, 7) is 7.02. The molecule has 1 rings (SSSR count). The summed E-state index contributed by atoms with van der Waals surface area (Å²) in [4.78, 5) is 13.9. The second-order valence-electron chi connectivity index (χ2n) is 4.76. The van der Waals surface area contributed by atoms with E-state index in [9.17, 15) is 4.79 Å². The van der Waals surface area contributed by atoms with E-state index in [2.05, 4.69) is 13.8 Å². The van der Waals surface area contributed by atoms with Crippen LogP contribution in [0.1, 0.15) is 33.1 Å². The molecule has 3 nitrogen and oxygen atoms in total. The van der Waals surface area contributed by atoms with E-state index < -0.39 is 0 Å². The van der Waals surface area contributed by atoms with Gasteiger partial charge in [-0.2, -0.15) is 0 Å². The maximum absolute atomic E-state index is 11.9. The minimum Gasteiger partial charge on any atom is -0.342 e. The molecule has 1 amide bonds. The van der Waals surface area contributed by atoms with E-state index in [-0.39, 0.29) is 0 Å². The largest absolute Gasteiger partial charge is 0.342 e. The van der Waals surface area contributed by atoms with Gasteiger partial charge in [0.2, 0.25) is 5.91 Å². The maximum atomic E-state index is 11.9. The normalized spacial score (nSPS) is 19.8. The highest BCUT2D eigenvalue weighted by Gasteiger charge is 2.20. The molecule has 4 heteroatoms. The molecule has 94 valence electrons. The van der Waals surface area contributed by atoms with Gasteiger partial charge in [0.1, 0.15) is 0 Å². The third-order valence-corrected chi connectivity index (χ3v) is 4.42. The average molecular weight is 244 g/mol. The number of likely N-dealkylation sites (tertiary alicyclic amines) is 1. The van der Waals surface area contributed by atoms with Crippen molar-refractivity contribution in [1.29, 1.82) is 0 Å². The van der Waals surface area contributed by atoms with Crippen molar-refractivity contribution in [1.82, 2.24) is 4.90 Å². The highest BCUT2D eigenvalue weighted by Crippen LogP contribution is 2.19. The van der Waals surface area contributed by atoms with Gasteiger partial charge in [0.15, 0.2) is 0 Å². The van der Waals surface area contributed by atoms with Gasteiger partial charge < -0.3 is 10.6 Å². The zero-order valence-electron chi connectivity index (χ0n) is 10.4. The molecule has 0 bridgehead atoms. The minimum atomic E-state index is 0.306. The van der Waals surface area contributed by atoms with Crippen LogP contribution in [-0.2, 0) is 4.79 Å². The number of nitrogens with two attached hydrogens (primary N) is 1. The SMILES string of the molecule is CC1CCN(C(=O)CSC(C)CCN)CC1. The molecule has 0 saturated carbocycles. The zero-order valence-corrected chi connectivity index (χ0v) is 11.3. The van der Waals surface area contributed by atoms with E-state index in [1.807, 2.05) is 4.90 Å². The Morgan fingerprint density at radius 3 is 2.69 bits per heavy atom. The van der Waals surface area contributed by atoms with Crippen molar-refractivity contribution >= 4 is 17.7 Å². The summed E-state index contributed by atoms with van der Waals surface area (Å²) < 4.78 is 0. The van der Waals surface area contributed by atoms with Crippen LogP contribution in [0.4, 0.5) is 0 Å². The summed E-state index contributed by atoms with van der Waals surface area (Å²) in [6.07, 6.45) is 3.32. The third kappa shape index (κ3) is 4.74. The highest BCUT2D eigenvalue weighted by molar-refractivity contribution is 8.00. The number of piperidine rings is 1. The fourth-order valence-electron chi connectivity index (χ4n) is 1.88. The number of amides is 1. The van der Waals surface area contributed by atoms with Crippen LogP contribution < -0.4 is 5.73 Å². The molecule has 16 heavy (non-hydrogen) atoms. The summed E-state index contributed by atoms with van der Waals surface area (Å²) >= 11 is 1.73. The number of rotatable bonds is 5. The van der Waals surface area contributed by atoms with Crippen LogP contribution in [0.15, 0.2) is 0 Å². The van der Waals surface area contributed by atoms with Crippen LogP contribution in [-0.4, -0.2) is 41.4 Å². The van der Waals surface area contributed by atoms with Crippen molar-refractivity contribution in [2.45, 2.75) is 38.4 Å². The summed E-state index contributed by atoms with van der Waals surface area (Å²) in [6, 6.07) is 0. The molecule has 1 saturated heterocycles. The van der Waals surface area contributed by atoms with Crippen LogP contribution in [0.25, 0.3) is 0 Å². The molecule has 1 fully saturated rings. The number of carbonyl (C=O) groups excluding carboxylic acids is 1. The van der Waals surface area contributed by atoms with Gasteiger partial charge in [-0.25, -0.2) is 0 Å².